The first-order valence-corrected chi connectivity index (χ1v) is 9.64. The molecule has 0 aliphatic rings. The molecule has 2 aromatic carbocycles. The SMILES string of the molecule is O=c1[nH]c(O)c(C(SCc2ccccc2)SCc2ccccc2)[nH]1. The molecule has 124 valence electrons. The van der Waals surface area contributed by atoms with E-state index in [1.807, 2.05) is 36.4 Å². The van der Waals surface area contributed by atoms with E-state index in [1.54, 1.807) is 23.5 Å². The Morgan fingerprint density at radius 1 is 0.833 bits per heavy atom. The highest BCUT2D eigenvalue weighted by molar-refractivity contribution is 8.15. The fraction of sp³-hybridized carbons (Fsp3) is 0.167. The number of aromatic nitrogens is 2. The topological polar surface area (TPSA) is 68.9 Å². The van der Waals surface area contributed by atoms with Gasteiger partial charge in [-0.25, -0.2) is 4.79 Å². The molecule has 1 heterocycles. The molecule has 0 saturated heterocycles. The average Bonchev–Trinajstić information content (AvgIpc) is 2.95. The van der Waals surface area contributed by atoms with Crippen LogP contribution in [0.2, 0.25) is 0 Å². The second-order valence-electron chi connectivity index (χ2n) is 5.27. The van der Waals surface area contributed by atoms with E-state index in [0.29, 0.717) is 5.69 Å². The molecule has 1 aromatic heterocycles. The summed E-state index contributed by atoms with van der Waals surface area (Å²) < 4.78 is -0.0654. The summed E-state index contributed by atoms with van der Waals surface area (Å²) in [7, 11) is 0. The number of aromatic hydroxyl groups is 1. The van der Waals surface area contributed by atoms with Gasteiger partial charge in [-0.1, -0.05) is 60.7 Å². The maximum atomic E-state index is 11.5. The van der Waals surface area contributed by atoms with Crippen molar-refractivity contribution >= 4 is 23.5 Å². The number of hydrogen-bond acceptors (Lipinski definition) is 4. The molecule has 24 heavy (non-hydrogen) atoms. The molecule has 0 bridgehead atoms. The van der Waals surface area contributed by atoms with Gasteiger partial charge in [0.05, 0.1) is 4.58 Å². The van der Waals surface area contributed by atoms with E-state index in [9.17, 15) is 9.90 Å². The summed E-state index contributed by atoms with van der Waals surface area (Å²) >= 11 is 3.37. The number of thioether (sulfide) groups is 2. The lowest BCUT2D eigenvalue weighted by atomic mass is 10.2. The predicted molar refractivity (Wildman–Crippen MR) is 101 cm³/mol. The van der Waals surface area contributed by atoms with Crippen molar-refractivity contribution in [2.24, 2.45) is 0 Å². The second kappa shape index (κ2) is 8.17. The molecule has 0 saturated carbocycles. The van der Waals surface area contributed by atoms with Gasteiger partial charge in [-0.2, -0.15) is 0 Å². The monoisotopic (exact) mass is 358 g/mol. The van der Waals surface area contributed by atoms with Gasteiger partial charge in [0.25, 0.3) is 0 Å². The van der Waals surface area contributed by atoms with Crippen LogP contribution in [-0.2, 0) is 11.5 Å². The molecule has 3 aromatic rings. The Balaban J connectivity index is 1.73. The van der Waals surface area contributed by atoms with Crippen molar-refractivity contribution < 1.29 is 5.11 Å². The summed E-state index contributed by atoms with van der Waals surface area (Å²) in [6, 6.07) is 20.3. The van der Waals surface area contributed by atoms with Gasteiger partial charge in [0.2, 0.25) is 5.88 Å². The summed E-state index contributed by atoms with van der Waals surface area (Å²) in [6.45, 7) is 0. The van der Waals surface area contributed by atoms with Gasteiger partial charge in [-0.15, -0.1) is 23.5 Å². The molecule has 3 N–H and O–H groups in total. The van der Waals surface area contributed by atoms with Crippen molar-refractivity contribution in [3.8, 4) is 5.88 Å². The number of rotatable bonds is 7. The minimum Gasteiger partial charge on any atom is -0.493 e. The van der Waals surface area contributed by atoms with Crippen LogP contribution in [-0.4, -0.2) is 15.1 Å². The standard InChI is InChI=1S/C18H18N2O2S2/c21-16-15(19-18(22)20-16)17(23-11-13-7-3-1-4-8-13)24-12-14-9-5-2-6-10-14/h1-10,17,21H,11-12H2,(H2,19,20,22). The molecule has 4 nitrogen and oxygen atoms in total. The van der Waals surface area contributed by atoms with Gasteiger partial charge in [-0.05, 0) is 11.1 Å². The molecule has 0 amide bonds. The van der Waals surface area contributed by atoms with Gasteiger partial charge in [0.1, 0.15) is 5.69 Å². The smallest absolute Gasteiger partial charge is 0.326 e. The Hall–Kier alpha value is -2.05. The van der Waals surface area contributed by atoms with Crippen molar-refractivity contribution in [3.63, 3.8) is 0 Å². The molecule has 0 fully saturated rings. The first-order valence-electron chi connectivity index (χ1n) is 7.54. The molecule has 0 aliphatic carbocycles. The third-order valence-corrected chi connectivity index (χ3v) is 6.35. The highest BCUT2D eigenvalue weighted by Crippen LogP contribution is 2.43. The van der Waals surface area contributed by atoms with Gasteiger partial charge in [0.15, 0.2) is 0 Å². The molecular formula is C18H18N2O2S2. The molecule has 0 aliphatic heterocycles. The quantitative estimate of drug-likeness (QED) is 0.552. The van der Waals surface area contributed by atoms with E-state index < -0.39 is 0 Å². The molecule has 0 spiro atoms. The second-order valence-corrected chi connectivity index (χ2v) is 7.75. The van der Waals surface area contributed by atoms with Gasteiger partial charge < -0.3 is 10.1 Å². The van der Waals surface area contributed by atoms with Crippen LogP contribution >= 0.6 is 23.5 Å². The van der Waals surface area contributed by atoms with Gasteiger partial charge in [0, 0.05) is 11.5 Å². The third kappa shape index (κ3) is 4.49. The minimum absolute atomic E-state index is 0.0654. The zero-order valence-electron chi connectivity index (χ0n) is 12.9. The van der Waals surface area contributed by atoms with Crippen molar-refractivity contribution in [3.05, 3.63) is 88.0 Å². The number of hydrogen-bond donors (Lipinski definition) is 3. The van der Waals surface area contributed by atoms with Gasteiger partial charge >= 0.3 is 5.69 Å². The summed E-state index contributed by atoms with van der Waals surface area (Å²) in [5, 5.41) is 9.98. The lowest BCUT2D eigenvalue weighted by Crippen LogP contribution is -2.02. The van der Waals surface area contributed by atoms with Crippen LogP contribution in [0.1, 0.15) is 21.4 Å². The van der Waals surface area contributed by atoms with E-state index in [0.717, 1.165) is 11.5 Å². The van der Waals surface area contributed by atoms with Crippen LogP contribution in [0.3, 0.4) is 0 Å². The van der Waals surface area contributed by atoms with Crippen molar-refractivity contribution in [1.82, 2.24) is 9.97 Å². The summed E-state index contributed by atoms with van der Waals surface area (Å²) in [4.78, 5) is 16.6. The lowest BCUT2D eigenvalue weighted by Gasteiger charge is -2.15. The summed E-state index contributed by atoms with van der Waals surface area (Å²) in [6.07, 6.45) is 0. The molecule has 0 unspecified atom stereocenters. The Labute approximate surface area is 148 Å². The van der Waals surface area contributed by atoms with Gasteiger partial charge in [-0.3, -0.25) is 4.98 Å². The molecular weight excluding hydrogens is 340 g/mol. The van der Waals surface area contributed by atoms with E-state index in [1.165, 1.54) is 11.1 Å². The Bertz CT molecular complexity index is 772. The largest absolute Gasteiger partial charge is 0.493 e. The Morgan fingerprint density at radius 2 is 1.33 bits per heavy atom. The third-order valence-electron chi connectivity index (χ3n) is 3.46. The van der Waals surface area contributed by atoms with Crippen LogP contribution in [0.5, 0.6) is 5.88 Å². The minimum atomic E-state index is -0.381. The predicted octanol–water partition coefficient (Wildman–Crippen LogP) is 4.27. The van der Waals surface area contributed by atoms with E-state index in [2.05, 4.69) is 34.2 Å². The maximum absolute atomic E-state index is 11.5. The molecule has 0 atom stereocenters. The van der Waals surface area contributed by atoms with Crippen molar-refractivity contribution in [2.45, 2.75) is 16.1 Å². The normalized spacial score (nSPS) is 11.0. The van der Waals surface area contributed by atoms with Crippen LogP contribution < -0.4 is 5.69 Å². The van der Waals surface area contributed by atoms with Crippen LogP contribution in [0, 0.1) is 0 Å². The van der Waals surface area contributed by atoms with E-state index >= 15 is 0 Å². The number of H-pyrrole nitrogens is 2. The average molecular weight is 358 g/mol. The van der Waals surface area contributed by atoms with E-state index in [-0.39, 0.29) is 16.2 Å². The van der Waals surface area contributed by atoms with Crippen molar-refractivity contribution in [2.75, 3.05) is 0 Å². The molecule has 6 heteroatoms. The van der Waals surface area contributed by atoms with E-state index in [4.69, 9.17) is 0 Å². The van der Waals surface area contributed by atoms with Crippen LogP contribution in [0.25, 0.3) is 0 Å². The summed E-state index contributed by atoms with van der Waals surface area (Å²) in [5.74, 6) is 1.53. The van der Waals surface area contributed by atoms with Crippen LogP contribution in [0.4, 0.5) is 0 Å². The fourth-order valence-corrected chi connectivity index (χ4v) is 4.81. The first kappa shape index (κ1) is 16.8. The van der Waals surface area contributed by atoms with Crippen LogP contribution in [0.15, 0.2) is 65.5 Å². The molecule has 0 radical (unpaired) electrons. The number of benzene rings is 2. The number of aromatic amines is 2. The number of imidazole rings is 1. The lowest BCUT2D eigenvalue weighted by molar-refractivity contribution is 0.451. The first-order chi connectivity index (χ1) is 11.7. The number of nitrogens with one attached hydrogen (secondary N) is 2. The zero-order chi connectivity index (χ0) is 16.8. The highest BCUT2D eigenvalue weighted by atomic mass is 32.2. The zero-order valence-corrected chi connectivity index (χ0v) is 14.6. The van der Waals surface area contributed by atoms with Crippen molar-refractivity contribution in [1.29, 1.82) is 0 Å². The Kier molecular flexibility index (Phi) is 5.72. The highest BCUT2D eigenvalue weighted by Gasteiger charge is 2.20. The fourth-order valence-electron chi connectivity index (χ4n) is 2.27. The summed E-state index contributed by atoms with van der Waals surface area (Å²) in [5.41, 5.74) is 2.59. The Morgan fingerprint density at radius 3 is 1.75 bits per heavy atom. The molecule has 3 rings (SSSR count). The maximum Gasteiger partial charge on any atom is 0.326 e.